The maximum Gasteiger partial charge on any atom is 0.232 e. The fourth-order valence-electron chi connectivity index (χ4n) is 3.89. The zero-order valence-electron chi connectivity index (χ0n) is 17.7. The van der Waals surface area contributed by atoms with E-state index < -0.39 is 0 Å². The topological polar surface area (TPSA) is 78.7 Å². The van der Waals surface area contributed by atoms with Crippen LogP contribution in [0.4, 0.5) is 17.6 Å². The van der Waals surface area contributed by atoms with E-state index in [9.17, 15) is 0 Å². The summed E-state index contributed by atoms with van der Waals surface area (Å²) in [7, 11) is 0. The summed E-state index contributed by atoms with van der Waals surface area (Å²) >= 11 is 5.47. The van der Waals surface area contributed by atoms with E-state index in [1.807, 2.05) is 19.1 Å². The average molecular weight is 431 g/mol. The average Bonchev–Trinajstić information content (AvgIpc) is 3.18. The Morgan fingerprint density at radius 2 is 1.93 bits per heavy atom. The van der Waals surface area contributed by atoms with Gasteiger partial charge in [-0.15, -0.1) is 0 Å². The number of thiocarbonyl (C=S) groups is 1. The second-order valence-electron chi connectivity index (χ2n) is 8.02. The van der Waals surface area contributed by atoms with Crippen molar-refractivity contribution >= 4 is 34.9 Å². The molecule has 0 aliphatic carbocycles. The molecule has 162 valence electrons. The van der Waals surface area contributed by atoms with Gasteiger partial charge in [0.2, 0.25) is 5.95 Å². The minimum Gasteiger partial charge on any atom is -0.465 e. The molecule has 2 aliphatic rings. The predicted octanol–water partition coefficient (Wildman–Crippen LogP) is 2.94. The van der Waals surface area contributed by atoms with Crippen molar-refractivity contribution in [2.75, 3.05) is 54.5 Å². The normalized spacial score (nSPS) is 19.6. The van der Waals surface area contributed by atoms with Gasteiger partial charge >= 0.3 is 0 Å². The number of aryl methyl sites for hydroxylation is 1. The Balaban J connectivity index is 1.49. The molecule has 0 spiro atoms. The van der Waals surface area contributed by atoms with Crippen molar-refractivity contribution in [1.82, 2.24) is 15.3 Å². The summed E-state index contributed by atoms with van der Waals surface area (Å²) in [6, 6.07) is 5.97. The molecule has 0 saturated carbocycles. The Labute approximate surface area is 183 Å². The monoisotopic (exact) mass is 430 g/mol. The van der Waals surface area contributed by atoms with Crippen LogP contribution >= 0.6 is 12.2 Å². The summed E-state index contributed by atoms with van der Waals surface area (Å²) in [5, 5.41) is 6.80. The van der Waals surface area contributed by atoms with Crippen LogP contribution in [-0.4, -0.2) is 54.5 Å². The smallest absolute Gasteiger partial charge is 0.232 e. The highest BCUT2D eigenvalue weighted by Gasteiger charge is 2.21. The molecule has 4 rings (SSSR count). The van der Waals surface area contributed by atoms with Crippen LogP contribution in [-0.2, 0) is 11.3 Å². The van der Waals surface area contributed by atoms with Crippen LogP contribution in [0.15, 0.2) is 22.6 Å². The summed E-state index contributed by atoms with van der Waals surface area (Å²) in [5.74, 6) is 4.76. The SMILES string of the molecule is Cc1ccc(CNC(=S)Nc2nc(N3CCOCC3)cc(N3CCCC(C)C3)n2)o1. The molecular formula is C21H30N6O2S. The van der Waals surface area contributed by atoms with Crippen molar-refractivity contribution in [2.24, 2.45) is 5.92 Å². The highest BCUT2D eigenvalue weighted by atomic mass is 32.1. The van der Waals surface area contributed by atoms with Crippen LogP contribution in [0.5, 0.6) is 0 Å². The van der Waals surface area contributed by atoms with Gasteiger partial charge in [0.05, 0.1) is 19.8 Å². The zero-order chi connectivity index (χ0) is 20.9. The van der Waals surface area contributed by atoms with Gasteiger partial charge in [0, 0.05) is 32.2 Å². The molecule has 4 heterocycles. The number of nitrogens with one attached hydrogen (secondary N) is 2. The summed E-state index contributed by atoms with van der Waals surface area (Å²) < 4.78 is 11.1. The number of rotatable bonds is 5. The molecule has 0 aromatic carbocycles. The van der Waals surface area contributed by atoms with Crippen LogP contribution in [0.3, 0.4) is 0 Å². The Hall–Kier alpha value is -2.39. The lowest BCUT2D eigenvalue weighted by Crippen LogP contribution is -2.38. The third-order valence-corrected chi connectivity index (χ3v) is 5.71. The maximum absolute atomic E-state index is 5.58. The number of nitrogens with zero attached hydrogens (tertiary/aromatic N) is 4. The summed E-state index contributed by atoms with van der Waals surface area (Å²) in [4.78, 5) is 14.1. The van der Waals surface area contributed by atoms with Crippen LogP contribution < -0.4 is 20.4 Å². The van der Waals surface area contributed by atoms with E-state index in [0.29, 0.717) is 36.7 Å². The molecule has 2 N–H and O–H groups in total. The second kappa shape index (κ2) is 9.61. The predicted molar refractivity (Wildman–Crippen MR) is 122 cm³/mol. The lowest BCUT2D eigenvalue weighted by Gasteiger charge is -2.33. The number of ether oxygens (including phenoxy) is 1. The Morgan fingerprint density at radius 1 is 1.17 bits per heavy atom. The van der Waals surface area contributed by atoms with E-state index in [2.05, 4.69) is 33.4 Å². The van der Waals surface area contributed by atoms with Gasteiger partial charge in [-0.3, -0.25) is 0 Å². The van der Waals surface area contributed by atoms with Crippen molar-refractivity contribution in [1.29, 1.82) is 0 Å². The molecule has 2 aromatic rings. The molecule has 9 heteroatoms. The van der Waals surface area contributed by atoms with Crippen molar-refractivity contribution in [3.8, 4) is 0 Å². The van der Waals surface area contributed by atoms with Crippen LogP contribution in [0.2, 0.25) is 0 Å². The Bertz CT molecular complexity index is 867. The molecule has 2 fully saturated rings. The minimum atomic E-state index is 0.473. The molecule has 1 unspecified atom stereocenters. The highest BCUT2D eigenvalue weighted by molar-refractivity contribution is 7.80. The Kier molecular flexibility index (Phi) is 6.69. The first-order valence-electron chi connectivity index (χ1n) is 10.6. The third kappa shape index (κ3) is 5.40. The molecule has 0 radical (unpaired) electrons. The van der Waals surface area contributed by atoms with Crippen LogP contribution in [0.1, 0.15) is 31.3 Å². The zero-order valence-corrected chi connectivity index (χ0v) is 18.5. The van der Waals surface area contributed by atoms with Gasteiger partial charge in [-0.2, -0.15) is 9.97 Å². The maximum atomic E-state index is 5.58. The van der Waals surface area contributed by atoms with Gasteiger partial charge in [0.25, 0.3) is 0 Å². The number of furan rings is 1. The number of anilines is 3. The number of morpholine rings is 1. The quantitative estimate of drug-likeness (QED) is 0.696. The summed E-state index contributed by atoms with van der Waals surface area (Å²) in [6.45, 7) is 9.85. The van der Waals surface area contributed by atoms with Gasteiger partial charge in [0.1, 0.15) is 23.2 Å². The first-order valence-corrected chi connectivity index (χ1v) is 11.0. The second-order valence-corrected chi connectivity index (χ2v) is 8.43. The molecular weight excluding hydrogens is 400 g/mol. The number of piperidine rings is 1. The largest absolute Gasteiger partial charge is 0.465 e. The van der Waals surface area contributed by atoms with Crippen molar-refractivity contribution in [3.63, 3.8) is 0 Å². The number of hydrogen-bond acceptors (Lipinski definition) is 7. The van der Waals surface area contributed by atoms with Gasteiger partial charge in [-0.25, -0.2) is 0 Å². The lowest BCUT2D eigenvalue weighted by atomic mass is 10.0. The Morgan fingerprint density at radius 3 is 2.63 bits per heavy atom. The number of aromatic nitrogens is 2. The first-order chi connectivity index (χ1) is 14.6. The highest BCUT2D eigenvalue weighted by Crippen LogP contribution is 2.26. The molecule has 1 atom stereocenters. The summed E-state index contributed by atoms with van der Waals surface area (Å²) in [5.41, 5.74) is 0. The minimum absolute atomic E-state index is 0.473. The van der Waals surface area contributed by atoms with Gasteiger partial charge in [-0.05, 0) is 50.0 Å². The fourth-order valence-corrected chi connectivity index (χ4v) is 4.05. The lowest BCUT2D eigenvalue weighted by molar-refractivity contribution is 0.122. The van der Waals surface area contributed by atoms with Crippen molar-refractivity contribution in [3.05, 3.63) is 29.7 Å². The van der Waals surface area contributed by atoms with Gasteiger partial charge < -0.3 is 29.6 Å². The van der Waals surface area contributed by atoms with Gasteiger partial charge in [0.15, 0.2) is 5.11 Å². The van der Waals surface area contributed by atoms with Crippen molar-refractivity contribution in [2.45, 2.75) is 33.2 Å². The molecule has 0 amide bonds. The molecule has 2 aromatic heterocycles. The molecule has 2 aliphatic heterocycles. The molecule has 0 bridgehead atoms. The first kappa shape index (κ1) is 20.9. The third-order valence-electron chi connectivity index (χ3n) is 5.46. The van der Waals surface area contributed by atoms with Crippen LogP contribution in [0, 0.1) is 12.8 Å². The molecule has 30 heavy (non-hydrogen) atoms. The number of hydrogen-bond donors (Lipinski definition) is 2. The van der Waals surface area contributed by atoms with Crippen LogP contribution in [0.25, 0.3) is 0 Å². The van der Waals surface area contributed by atoms with E-state index >= 15 is 0 Å². The van der Waals surface area contributed by atoms with Crippen molar-refractivity contribution < 1.29 is 9.15 Å². The molecule has 2 saturated heterocycles. The van der Waals surface area contributed by atoms with E-state index in [4.69, 9.17) is 31.3 Å². The summed E-state index contributed by atoms with van der Waals surface area (Å²) in [6.07, 6.45) is 2.45. The van der Waals surface area contributed by atoms with E-state index in [0.717, 1.165) is 49.3 Å². The van der Waals surface area contributed by atoms with Gasteiger partial charge in [-0.1, -0.05) is 6.92 Å². The van der Waals surface area contributed by atoms with E-state index in [1.54, 1.807) is 0 Å². The van der Waals surface area contributed by atoms with E-state index in [1.165, 1.54) is 12.8 Å². The fraction of sp³-hybridized carbons (Fsp3) is 0.571. The standard InChI is InChI=1S/C21H30N6O2S/c1-15-4-3-7-27(14-15)19-12-18(26-8-10-28-11-9-26)23-20(24-19)25-21(30)22-13-17-6-5-16(2)29-17/h5-6,12,15H,3-4,7-11,13-14H2,1-2H3,(H2,22,23,24,25,30). The van der Waals surface area contributed by atoms with E-state index in [-0.39, 0.29) is 0 Å². The molecule has 8 nitrogen and oxygen atoms in total.